The summed E-state index contributed by atoms with van der Waals surface area (Å²) in [5.41, 5.74) is 0.990. The summed E-state index contributed by atoms with van der Waals surface area (Å²) >= 11 is 0. The Morgan fingerprint density at radius 2 is 1.91 bits per heavy atom. The Morgan fingerprint density at radius 1 is 1.19 bits per heavy atom. The number of ether oxygens (including phenoxy) is 3. The van der Waals surface area contributed by atoms with Crippen LogP contribution in [0.2, 0.25) is 0 Å². The second kappa shape index (κ2) is 12.4. The first-order chi connectivity index (χ1) is 20.6. The van der Waals surface area contributed by atoms with Crippen LogP contribution in [0.4, 0.5) is 18.9 Å². The van der Waals surface area contributed by atoms with Gasteiger partial charge in [-0.05, 0) is 42.8 Å². The van der Waals surface area contributed by atoms with Crippen molar-refractivity contribution in [2.75, 3.05) is 31.8 Å². The summed E-state index contributed by atoms with van der Waals surface area (Å²) in [6, 6.07) is 6.15. The van der Waals surface area contributed by atoms with Crippen molar-refractivity contribution in [2.45, 2.75) is 49.5 Å². The monoisotopic (exact) mass is 603 g/mol. The smallest absolute Gasteiger partial charge is 0.259 e. The van der Waals surface area contributed by atoms with Crippen LogP contribution in [-0.4, -0.2) is 99.7 Å². The van der Waals surface area contributed by atoms with Gasteiger partial charge in [-0.25, -0.2) is 17.9 Å². The molecule has 1 amide bonds. The van der Waals surface area contributed by atoms with Crippen LogP contribution in [0, 0.1) is 35.7 Å². The topological polar surface area (TPSA) is 163 Å². The Morgan fingerprint density at radius 3 is 2.51 bits per heavy atom. The third kappa shape index (κ3) is 5.73. The summed E-state index contributed by atoms with van der Waals surface area (Å²) < 4.78 is 59.3. The van der Waals surface area contributed by atoms with Gasteiger partial charge in [0.05, 0.1) is 43.7 Å². The highest BCUT2D eigenvalue weighted by molar-refractivity contribution is 5.98. The molecule has 228 valence electrons. The number of carbonyl (C=O) groups is 1. The van der Waals surface area contributed by atoms with Crippen molar-refractivity contribution in [3.8, 4) is 17.3 Å². The second-order valence-electron chi connectivity index (χ2n) is 10.3. The fourth-order valence-electron chi connectivity index (χ4n) is 5.48. The molecule has 3 N–H and O–H groups in total. The molecule has 3 aromatic rings. The predicted molar refractivity (Wildman–Crippen MR) is 141 cm³/mol. The van der Waals surface area contributed by atoms with Crippen molar-refractivity contribution in [1.82, 2.24) is 15.0 Å². The van der Waals surface area contributed by atoms with Crippen LogP contribution in [0.5, 0.6) is 0 Å². The van der Waals surface area contributed by atoms with E-state index in [1.807, 2.05) is 6.07 Å². The molecule has 12 nitrogen and oxygen atoms in total. The molecule has 2 saturated heterocycles. The van der Waals surface area contributed by atoms with Gasteiger partial charge in [0.25, 0.3) is 5.91 Å². The van der Waals surface area contributed by atoms with Gasteiger partial charge in [-0.15, -0.1) is 5.10 Å². The van der Waals surface area contributed by atoms with Crippen LogP contribution < -0.4 is 4.90 Å². The summed E-state index contributed by atoms with van der Waals surface area (Å²) in [7, 11) is 1.26. The Hall–Kier alpha value is -3.91. The summed E-state index contributed by atoms with van der Waals surface area (Å²) in [4.78, 5) is 15.6. The maximum Gasteiger partial charge on any atom is 0.259 e. The van der Waals surface area contributed by atoms with Gasteiger partial charge in [0, 0.05) is 18.4 Å². The number of hydrogen-bond acceptors (Lipinski definition) is 10. The molecule has 2 aliphatic rings. The molecule has 2 aliphatic heterocycles. The number of benzene rings is 2. The van der Waals surface area contributed by atoms with E-state index in [4.69, 9.17) is 14.2 Å². The first-order valence-corrected chi connectivity index (χ1v) is 13.2. The van der Waals surface area contributed by atoms with Gasteiger partial charge in [-0.2, -0.15) is 5.26 Å². The van der Waals surface area contributed by atoms with E-state index in [1.54, 1.807) is 19.1 Å². The molecule has 3 heterocycles. The number of nitrogens with zero attached hydrogens (tertiary/aromatic N) is 5. The van der Waals surface area contributed by atoms with Crippen LogP contribution >= 0.6 is 0 Å². The summed E-state index contributed by atoms with van der Waals surface area (Å²) in [6.07, 6.45) is -5.46. The third-order valence-electron chi connectivity index (χ3n) is 7.54. The number of aliphatic hydroxyl groups excluding tert-OH is 3. The number of aromatic nitrogens is 3. The van der Waals surface area contributed by atoms with E-state index in [-0.39, 0.29) is 35.7 Å². The Labute approximate surface area is 243 Å². The lowest BCUT2D eigenvalue weighted by molar-refractivity contribution is -0.211. The number of methoxy groups -OCH3 is 1. The standard InChI is InChI=1S/C28H28F3N5O7/c1-13-3-14(8-32)5-16(4-13)36(20-11-42-12-21(20)38)28(40)27-26(41-2)24(25(39)22(10-37)43-27)35-9-19(33-34-35)15-6-17(29)23(31)18(30)7-15/h3-7,9,20-22,24-27,37-39H,10-12H2,1-2H3/t20-,21-,22-,24+,25+,26-,27-/m1/s1. The minimum absolute atomic E-state index is 0.0280. The molecule has 1 aromatic heterocycles. The highest BCUT2D eigenvalue weighted by atomic mass is 19.2. The van der Waals surface area contributed by atoms with Crippen molar-refractivity contribution in [2.24, 2.45) is 0 Å². The number of rotatable bonds is 7. The predicted octanol–water partition coefficient (Wildman–Crippen LogP) is 1.01. The van der Waals surface area contributed by atoms with Crippen LogP contribution in [0.1, 0.15) is 17.2 Å². The molecule has 0 aliphatic carbocycles. The molecular formula is C28H28F3N5O7. The van der Waals surface area contributed by atoms with E-state index < -0.39 is 72.6 Å². The zero-order chi connectivity index (χ0) is 31.0. The van der Waals surface area contributed by atoms with Crippen molar-refractivity contribution in [1.29, 1.82) is 5.26 Å². The fourth-order valence-corrected chi connectivity index (χ4v) is 5.48. The summed E-state index contributed by atoms with van der Waals surface area (Å²) in [6.45, 7) is 0.947. The highest BCUT2D eigenvalue weighted by Crippen LogP contribution is 2.36. The molecule has 43 heavy (non-hydrogen) atoms. The number of halogens is 3. The Kier molecular flexibility index (Phi) is 8.79. The Bertz CT molecular complexity index is 1530. The number of nitriles is 1. The average molecular weight is 604 g/mol. The minimum Gasteiger partial charge on any atom is -0.394 e. The van der Waals surface area contributed by atoms with Crippen LogP contribution in [0.3, 0.4) is 0 Å². The van der Waals surface area contributed by atoms with Gasteiger partial charge in [0.1, 0.15) is 36.2 Å². The minimum atomic E-state index is -1.65. The lowest BCUT2D eigenvalue weighted by Crippen LogP contribution is -2.63. The number of amides is 1. The van der Waals surface area contributed by atoms with E-state index in [1.165, 1.54) is 24.3 Å². The molecule has 0 spiro atoms. The molecule has 2 fully saturated rings. The van der Waals surface area contributed by atoms with Crippen molar-refractivity contribution in [3.63, 3.8) is 0 Å². The zero-order valence-corrected chi connectivity index (χ0v) is 23.0. The molecule has 15 heteroatoms. The molecule has 0 unspecified atom stereocenters. The van der Waals surface area contributed by atoms with Crippen LogP contribution in [0.15, 0.2) is 36.5 Å². The summed E-state index contributed by atoms with van der Waals surface area (Å²) in [5.74, 6) is -5.26. The van der Waals surface area contributed by atoms with E-state index in [2.05, 4.69) is 10.3 Å². The quantitative estimate of drug-likeness (QED) is 0.332. The van der Waals surface area contributed by atoms with Gasteiger partial charge < -0.3 is 34.4 Å². The lowest BCUT2D eigenvalue weighted by atomic mass is 9.91. The van der Waals surface area contributed by atoms with E-state index >= 15 is 0 Å². The Balaban J connectivity index is 1.55. The third-order valence-corrected chi connectivity index (χ3v) is 7.54. The second-order valence-corrected chi connectivity index (χ2v) is 10.3. The molecule has 7 atom stereocenters. The highest BCUT2D eigenvalue weighted by Gasteiger charge is 2.52. The number of aliphatic hydroxyl groups is 3. The van der Waals surface area contributed by atoms with Gasteiger partial charge >= 0.3 is 0 Å². The molecule has 0 saturated carbocycles. The zero-order valence-electron chi connectivity index (χ0n) is 23.0. The summed E-state index contributed by atoms with van der Waals surface area (Å²) in [5, 5.41) is 49.3. The van der Waals surface area contributed by atoms with Gasteiger partial charge in [0.15, 0.2) is 23.6 Å². The normalized spacial score (nSPS) is 27.2. The molecule has 5 rings (SSSR count). The maximum absolute atomic E-state index is 14.3. The van der Waals surface area contributed by atoms with Crippen LogP contribution in [0.25, 0.3) is 11.3 Å². The lowest BCUT2D eigenvalue weighted by Gasteiger charge is -2.45. The average Bonchev–Trinajstić information content (AvgIpc) is 3.64. The number of carbonyl (C=O) groups excluding carboxylic acids is 1. The van der Waals surface area contributed by atoms with Crippen LogP contribution in [-0.2, 0) is 19.0 Å². The van der Waals surface area contributed by atoms with E-state index in [0.29, 0.717) is 5.56 Å². The van der Waals surface area contributed by atoms with Gasteiger partial charge in [0.2, 0.25) is 0 Å². The molecule has 0 bridgehead atoms. The largest absolute Gasteiger partial charge is 0.394 e. The molecule has 0 radical (unpaired) electrons. The molecular weight excluding hydrogens is 575 g/mol. The first kappa shape index (κ1) is 30.5. The maximum atomic E-state index is 14.3. The molecule has 2 aromatic carbocycles. The number of anilines is 1. The van der Waals surface area contributed by atoms with Crippen molar-refractivity contribution in [3.05, 3.63) is 65.1 Å². The fraction of sp³-hybridized carbons (Fsp3) is 0.429. The van der Waals surface area contributed by atoms with Crippen molar-refractivity contribution < 1.29 is 47.5 Å². The number of hydrogen-bond donors (Lipinski definition) is 3. The van der Waals surface area contributed by atoms with E-state index in [9.17, 15) is 38.5 Å². The van der Waals surface area contributed by atoms with Crippen molar-refractivity contribution >= 4 is 11.6 Å². The first-order valence-electron chi connectivity index (χ1n) is 13.2. The van der Waals surface area contributed by atoms with Gasteiger partial charge in [-0.1, -0.05) is 5.21 Å². The number of aryl methyl sites for hydroxylation is 1. The SMILES string of the molecule is CO[C@@H]1[C@@H](n2cc(-c3cc(F)c(F)c(F)c3)nn2)[C@@H](O)[C@@H](CO)O[C@H]1C(=O)N(c1cc(C)cc(C#N)c1)[C@@H]1COC[C@H]1O. The van der Waals surface area contributed by atoms with E-state index in [0.717, 1.165) is 16.8 Å². The van der Waals surface area contributed by atoms with Gasteiger partial charge in [-0.3, -0.25) is 4.79 Å².